The highest BCUT2D eigenvalue weighted by Crippen LogP contribution is 1.98. The summed E-state index contributed by atoms with van der Waals surface area (Å²) >= 11 is 0. The maximum atomic E-state index is 9.90. The molecule has 0 unspecified atom stereocenters. The van der Waals surface area contributed by atoms with Crippen LogP contribution in [0.3, 0.4) is 0 Å². The van der Waals surface area contributed by atoms with Gasteiger partial charge in [-0.15, -0.1) is 0 Å². The molecule has 0 saturated carbocycles. The van der Waals surface area contributed by atoms with E-state index in [1.165, 1.54) is 0 Å². The number of carboxylic acid groups (broad SMARTS) is 2. The number of halogens is 1. The summed E-state index contributed by atoms with van der Waals surface area (Å²) in [5, 5.41) is 16.3. The standard InChI is InChI=1S/C6H10O4.ClH/c7-5(8)3-1-2-4-6(9)10;/h1-4H2,(H,7,8)(H,9,10);1H/p-1. The Bertz CT molecular complexity index is 119. The molecule has 0 saturated heterocycles. The van der Waals surface area contributed by atoms with Crippen molar-refractivity contribution in [2.24, 2.45) is 0 Å². The van der Waals surface area contributed by atoms with Crippen molar-refractivity contribution in [2.45, 2.75) is 25.7 Å². The SMILES string of the molecule is O=C(O)CCCCC(=O)O.[Cl-]. The van der Waals surface area contributed by atoms with E-state index in [1.54, 1.807) is 0 Å². The second-order valence-corrected chi connectivity index (χ2v) is 1.99. The molecule has 5 heteroatoms. The summed E-state index contributed by atoms with van der Waals surface area (Å²) in [7, 11) is 0. The summed E-state index contributed by atoms with van der Waals surface area (Å²) in [4.78, 5) is 19.8. The molecule has 0 atom stereocenters. The van der Waals surface area contributed by atoms with Crippen LogP contribution >= 0.6 is 0 Å². The summed E-state index contributed by atoms with van der Waals surface area (Å²) in [6, 6.07) is 0. The van der Waals surface area contributed by atoms with Crippen LogP contribution in [-0.4, -0.2) is 22.2 Å². The lowest BCUT2D eigenvalue weighted by molar-refractivity contribution is -0.139. The lowest BCUT2D eigenvalue weighted by Gasteiger charge is -1.92. The number of carbonyl (C=O) groups is 2. The van der Waals surface area contributed by atoms with Crippen LogP contribution < -0.4 is 12.4 Å². The van der Waals surface area contributed by atoms with E-state index in [9.17, 15) is 9.59 Å². The van der Waals surface area contributed by atoms with E-state index >= 15 is 0 Å². The van der Waals surface area contributed by atoms with E-state index in [-0.39, 0.29) is 25.2 Å². The van der Waals surface area contributed by atoms with Gasteiger partial charge in [-0.05, 0) is 12.8 Å². The first-order chi connectivity index (χ1) is 4.63. The van der Waals surface area contributed by atoms with Crippen molar-refractivity contribution in [1.82, 2.24) is 0 Å². The Kier molecular flexibility index (Phi) is 8.58. The molecule has 0 rings (SSSR count). The monoisotopic (exact) mass is 181 g/mol. The first kappa shape index (κ1) is 12.9. The molecule has 0 radical (unpaired) electrons. The number of hydrogen-bond acceptors (Lipinski definition) is 2. The molecule has 0 aliphatic heterocycles. The Balaban J connectivity index is 0. The molecule has 0 heterocycles. The largest absolute Gasteiger partial charge is 1.00 e. The van der Waals surface area contributed by atoms with Crippen LogP contribution in [0, 0.1) is 0 Å². The molecule has 0 aliphatic carbocycles. The Labute approximate surface area is 70.6 Å². The third kappa shape index (κ3) is 12.4. The Morgan fingerprint density at radius 2 is 1.18 bits per heavy atom. The molecule has 11 heavy (non-hydrogen) atoms. The minimum Gasteiger partial charge on any atom is -1.00 e. The van der Waals surface area contributed by atoms with E-state index in [0.29, 0.717) is 12.8 Å². The molecule has 0 bridgehead atoms. The highest BCUT2D eigenvalue weighted by molar-refractivity contribution is 5.67. The van der Waals surface area contributed by atoms with Gasteiger partial charge in [0.05, 0.1) is 0 Å². The number of carboxylic acids is 2. The normalized spacial score (nSPS) is 8.36. The van der Waals surface area contributed by atoms with Gasteiger partial charge in [0.15, 0.2) is 0 Å². The Morgan fingerprint density at radius 3 is 1.36 bits per heavy atom. The number of rotatable bonds is 5. The molecule has 4 nitrogen and oxygen atoms in total. The van der Waals surface area contributed by atoms with Crippen molar-refractivity contribution in [1.29, 1.82) is 0 Å². The van der Waals surface area contributed by atoms with Gasteiger partial charge in [-0.1, -0.05) is 0 Å². The van der Waals surface area contributed by atoms with Crippen LogP contribution in [0.5, 0.6) is 0 Å². The molecule has 0 aromatic carbocycles. The molecule has 0 fully saturated rings. The smallest absolute Gasteiger partial charge is 0.303 e. The van der Waals surface area contributed by atoms with Crippen LogP contribution in [0.1, 0.15) is 25.7 Å². The van der Waals surface area contributed by atoms with E-state index in [0.717, 1.165) is 0 Å². The predicted octanol–water partition coefficient (Wildman–Crippen LogP) is -2.28. The van der Waals surface area contributed by atoms with Crippen LogP contribution in [0.15, 0.2) is 0 Å². The zero-order chi connectivity index (χ0) is 7.98. The lowest BCUT2D eigenvalue weighted by atomic mass is 10.2. The minimum atomic E-state index is -0.870. The molecule has 0 spiro atoms. The average Bonchev–Trinajstić information content (AvgIpc) is 1.79. The van der Waals surface area contributed by atoms with Gasteiger partial charge in [0.2, 0.25) is 0 Å². The number of hydrogen-bond donors (Lipinski definition) is 2. The highest BCUT2D eigenvalue weighted by atomic mass is 35.5. The first-order valence-corrected chi connectivity index (χ1v) is 3.06. The van der Waals surface area contributed by atoms with E-state index < -0.39 is 11.9 Å². The van der Waals surface area contributed by atoms with Crippen molar-refractivity contribution >= 4 is 11.9 Å². The topological polar surface area (TPSA) is 74.6 Å². The van der Waals surface area contributed by atoms with E-state index in [2.05, 4.69) is 0 Å². The van der Waals surface area contributed by atoms with Gasteiger partial charge in [-0.2, -0.15) is 0 Å². The van der Waals surface area contributed by atoms with Crippen molar-refractivity contribution in [2.75, 3.05) is 0 Å². The maximum Gasteiger partial charge on any atom is 0.303 e. The van der Waals surface area contributed by atoms with Crippen LogP contribution in [0.25, 0.3) is 0 Å². The van der Waals surface area contributed by atoms with Gasteiger partial charge in [-0.25, -0.2) is 0 Å². The van der Waals surface area contributed by atoms with Gasteiger partial charge < -0.3 is 22.6 Å². The highest BCUT2D eigenvalue weighted by Gasteiger charge is 1.99. The third-order valence-electron chi connectivity index (χ3n) is 1.03. The molecule has 0 aromatic rings. The molecular formula is C6H10ClO4-. The molecule has 0 amide bonds. The number of aliphatic carboxylic acids is 2. The quantitative estimate of drug-likeness (QED) is 0.469. The van der Waals surface area contributed by atoms with Gasteiger partial charge in [-0.3, -0.25) is 9.59 Å². The second-order valence-electron chi connectivity index (χ2n) is 1.99. The Hall–Kier alpha value is -0.770. The lowest BCUT2D eigenvalue weighted by Crippen LogP contribution is -3.00. The fourth-order valence-corrected chi connectivity index (χ4v) is 0.552. The molecule has 2 N–H and O–H groups in total. The Morgan fingerprint density at radius 1 is 0.909 bits per heavy atom. The van der Waals surface area contributed by atoms with Crippen molar-refractivity contribution in [3.63, 3.8) is 0 Å². The van der Waals surface area contributed by atoms with Gasteiger partial charge in [0.25, 0.3) is 0 Å². The predicted molar refractivity (Wildman–Crippen MR) is 33.7 cm³/mol. The van der Waals surface area contributed by atoms with Gasteiger partial charge in [0.1, 0.15) is 0 Å². The van der Waals surface area contributed by atoms with E-state index in [1.807, 2.05) is 0 Å². The molecular weight excluding hydrogens is 172 g/mol. The molecule has 0 aliphatic rings. The molecule has 66 valence electrons. The van der Waals surface area contributed by atoms with Gasteiger partial charge in [0, 0.05) is 12.8 Å². The summed E-state index contributed by atoms with van der Waals surface area (Å²) in [5.41, 5.74) is 0. The summed E-state index contributed by atoms with van der Waals surface area (Å²) in [6.07, 6.45) is 1.02. The van der Waals surface area contributed by atoms with Crippen molar-refractivity contribution < 1.29 is 32.2 Å². The number of unbranched alkanes of at least 4 members (excludes halogenated alkanes) is 1. The molecule has 0 aromatic heterocycles. The third-order valence-corrected chi connectivity index (χ3v) is 1.03. The summed E-state index contributed by atoms with van der Waals surface area (Å²) < 4.78 is 0. The minimum absolute atomic E-state index is 0. The summed E-state index contributed by atoms with van der Waals surface area (Å²) in [6.45, 7) is 0. The maximum absolute atomic E-state index is 9.90. The zero-order valence-corrected chi connectivity index (χ0v) is 6.67. The van der Waals surface area contributed by atoms with Gasteiger partial charge >= 0.3 is 11.9 Å². The van der Waals surface area contributed by atoms with Crippen LogP contribution in [0.2, 0.25) is 0 Å². The van der Waals surface area contributed by atoms with Crippen molar-refractivity contribution in [3.8, 4) is 0 Å². The van der Waals surface area contributed by atoms with E-state index in [4.69, 9.17) is 10.2 Å². The average molecular weight is 182 g/mol. The summed E-state index contributed by atoms with van der Waals surface area (Å²) in [5.74, 6) is -1.74. The fraction of sp³-hybridized carbons (Fsp3) is 0.667. The fourth-order valence-electron chi connectivity index (χ4n) is 0.552. The van der Waals surface area contributed by atoms with Crippen molar-refractivity contribution in [3.05, 3.63) is 0 Å². The van der Waals surface area contributed by atoms with Crippen LogP contribution in [0.4, 0.5) is 0 Å². The zero-order valence-electron chi connectivity index (χ0n) is 5.92. The first-order valence-electron chi connectivity index (χ1n) is 3.06. The second kappa shape index (κ2) is 7.34. The van der Waals surface area contributed by atoms with Crippen LogP contribution in [-0.2, 0) is 9.59 Å².